The van der Waals surface area contributed by atoms with E-state index in [4.69, 9.17) is 0 Å². The van der Waals surface area contributed by atoms with Crippen molar-refractivity contribution >= 4 is 0 Å². The Morgan fingerprint density at radius 1 is 1.15 bits per heavy atom. The van der Waals surface area contributed by atoms with Gasteiger partial charge in [0.2, 0.25) is 0 Å². The number of nitrogens with one attached hydrogen (secondary N) is 1. The summed E-state index contributed by atoms with van der Waals surface area (Å²) in [6.07, 6.45) is -2.93. The van der Waals surface area contributed by atoms with Crippen LogP contribution in [0.4, 0.5) is 17.6 Å². The highest BCUT2D eigenvalue weighted by atomic mass is 19.4. The number of alkyl halides is 3. The molecule has 1 unspecified atom stereocenters. The fourth-order valence-electron chi connectivity index (χ4n) is 3.07. The van der Waals surface area contributed by atoms with Crippen molar-refractivity contribution in [2.45, 2.75) is 45.3 Å². The fraction of sp³-hybridized carbons (Fsp3) is 0.600. The van der Waals surface area contributed by atoms with Crippen LogP contribution in [0.5, 0.6) is 0 Å². The lowest BCUT2D eigenvalue weighted by atomic mass is 9.68. The Morgan fingerprint density at radius 3 is 2.20 bits per heavy atom. The lowest BCUT2D eigenvalue weighted by Gasteiger charge is -2.43. The molecule has 1 aromatic carbocycles. The predicted octanol–water partition coefficient (Wildman–Crippen LogP) is 4.47. The summed E-state index contributed by atoms with van der Waals surface area (Å²) in [5.41, 5.74) is -1.30. The Hall–Kier alpha value is -1.10. The minimum atomic E-state index is -4.65. The summed E-state index contributed by atoms with van der Waals surface area (Å²) in [5, 5.41) is 3.36. The minimum absolute atomic E-state index is 0.213. The average molecular weight is 289 g/mol. The van der Waals surface area contributed by atoms with E-state index in [9.17, 15) is 17.6 Å². The number of halogens is 4. The minimum Gasteiger partial charge on any atom is -0.307 e. The van der Waals surface area contributed by atoms with Crippen molar-refractivity contribution in [3.63, 3.8) is 0 Å². The maximum atomic E-state index is 13.8. The van der Waals surface area contributed by atoms with Gasteiger partial charge in [0.15, 0.2) is 0 Å². The summed E-state index contributed by atoms with van der Waals surface area (Å²) in [4.78, 5) is 0. The second-order valence-electron chi connectivity index (χ2n) is 6.38. The lowest BCUT2D eigenvalue weighted by molar-refractivity contribution is -0.140. The summed E-state index contributed by atoms with van der Waals surface area (Å²) in [6.45, 7) is 6.84. The van der Waals surface area contributed by atoms with Crippen molar-refractivity contribution < 1.29 is 17.6 Å². The third-order valence-electron chi connectivity index (χ3n) is 4.20. The number of hydrogen-bond donors (Lipinski definition) is 1. The number of hydrogen-bond acceptors (Lipinski definition) is 1. The van der Waals surface area contributed by atoms with Gasteiger partial charge in [0.1, 0.15) is 5.82 Å². The molecule has 1 fully saturated rings. The van der Waals surface area contributed by atoms with Gasteiger partial charge in [-0.3, -0.25) is 0 Å². The molecule has 0 bridgehead atoms. The number of rotatable bonds is 1. The van der Waals surface area contributed by atoms with E-state index in [0.717, 1.165) is 31.5 Å². The van der Waals surface area contributed by atoms with E-state index in [1.165, 1.54) is 6.07 Å². The molecule has 1 N–H and O–H groups in total. The molecule has 20 heavy (non-hydrogen) atoms. The average Bonchev–Trinajstić information content (AvgIpc) is 2.76. The fourth-order valence-corrected chi connectivity index (χ4v) is 3.07. The Labute approximate surface area is 116 Å². The van der Waals surface area contributed by atoms with Crippen LogP contribution in [0, 0.1) is 11.2 Å². The van der Waals surface area contributed by atoms with Crippen LogP contribution in [0.3, 0.4) is 0 Å². The molecule has 5 heteroatoms. The predicted molar refractivity (Wildman–Crippen MR) is 69.8 cm³/mol. The highest BCUT2D eigenvalue weighted by Crippen LogP contribution is 2.46. The number of benzene rings is 1. The van der Waals surface area contributed by atoms with Gasteiger partial charge in [-0.05, 0) is 42.5 Å². The normalized spacial score (nSPS) is 24.1. The molecule has 0 spiro atoms. The van der Waals surface area contributed by atoms with Gasteiger partial charge in [-0.1, -0.05) is 26.8 Å². The van der Waals surface area contributed by atoms with Gasteiger partial charge < -0.3 is 5.32 Å². The van der Waals surface area contributed by atoms with Crippen LogP contribution in [0.1, 0.15) is 44.7 Å². The highest BCUT2D eigenvalue weighted by molar-refractivity contribution is 5.34. The van der Waals surface area contributed by atoms with E-state index < -0.39 is 23.1 Å². The molecule has 2 rings (SSSR count). The largest absolute Gasteiger partial charge is 0.419 e. The maximum absolute atomic E-state index is 13.8. The molecule has 0 amide bonds. The molecule has 1 aromatic rings. The molecule has 0 radical (unpaired) electrons. The monoisotopic (exact) mass is 289 g/mol. The molecule has 0 saturated carbocycles. The van der Waals surface area contributed by atoms with Crippen molar-refractivity contribution in [3.8, 4) is 0 Å². The molecule has 0 aromatic heterocycles. The maximum Gasteiger partial charge on any atom is 0.419 e. The van der Waals surface area contributed by atoms with Crippen LogP contribution in [0.15, 0.2) is 18.2 Å². The summed E-state index contributed by atoms with van der Waals surface area (Å²) < 4.78 is 51.7. The first-order valence-corrected chi connectivity index (χ1v) is 6.70. The molecule has 1 nitrogen and oxygen atoms in total. The van der Waals surface area contributed by atoms with Gasteiger partial charge >= 0.3 is 6.18 Å². The molecule has 112 valence electrons. The Kier molecular flexibility index (Phi) is 3.61. The highest BCUT2D eigenvalue weighted by Gasteiger charge is 2.46. The van der Waals surface area contributed by atoms with Gasteiger partial charge in [0.25, 0.3) is 0 Å². The second kappa shape index (κ2) is 4.72. The van der Waals surface area contributed by atoms with Crippen molar-refractivity contribution in [2.75, 3.05) is 6.54 Å². The van der Waals surface area contributed by atoms with E-state index in [0.29, 0.717) is 5.56 Å². The Balaban J connectivity index is 2.50. The smallest absolute Gasteiger partial charge is 0.307 e. The van der Waals surface area contributed by atoms with Gasteiger partial charge in [-0.2, -0.15) is 13.2 Å². The molecular weight excluding hydrogens is 270 g/mol. The zero-order chi connectivity index (χ0) is 15.2. The quantitative estimate of drug-likeness (QED) is 0.752. The molecule has 1 aliphatic rings. The van der Waals surface area contributed by atoms with Gasteiger partial charge in [0.05, 0.1) is 5.56 Å². The standard InChI is InChI=1S/C15H19F4N/c1-13(2,3)14(7-4-8-20-14)10-5-6-11(12(16)9-10)15(17,18)19/h5-6,9,20H,4,7-8H2,1-3H3. The molecule has 1 saturated heterocycles. The van der Waals surface area contributed by atoms with Crippen LogP contribution in [-0.2, 0) is 11.7 Å². The summed E-state index contributed by atoms with van der Waals surface area (Å²) in [5.74, 6) is -1.20. The van der Waals surface area contributed by atoms with Crippen LogP contribution in [-0.4, -0.2) is 6.54 Å². The second-order valence-corrected chi connectivity index (χ2v) is 6.38. The summed E-state index contributed by atoms with van der Waals surface area (Å²) >= 11 is 0. The topological polar surface area (TPSA) is 12.0 Å². The first-order valence-electron chi connectivity index (χ1n) is 6.70. The van der Waals surface area contributed by atoms with Crippen molar-refractivity contribution in [3.05, 3.63) is 35.1 Å². The SMILES string of the molecule is CC(C)(C)C1(c2ccc(C(F)(F)F)c(F)c2)CCCN1. The van der Waals surface area contributed by atoms with Crippen molar-refractivity contribution in [2.24, 2.45) is 5.41 Å². The zero-order valence-electron chi connectivity index (χ0n) is 11.9. The molecule has 1 heterocycles. The third kappa shape index (κ3) is 2.43. The summed E-state index contributed by atoms with van der Waals surface area (Å²) in [7, 11) is 0. The first kappa shape index (κ1) is 15.3. The third-order valence-corrected chi connectivity index (χ3v) is 4.20. The van der Waals surface area contributed by atoms with E-state index in [1.807, 2.05) is 20.8 Å². The van der Waals surface area contributed by atoms with Crippen LogP contribution >= 0.6 is 0 Å². The first-order chi connectivity index (χ1) is 9.08. The molecule has 1 atom stereocenters. The van der Waals surface area contributed by atoms with Crippen molar-refractivity contribution in [1.29, 1.82) is 0 Å². The lowest BCUT2D eigenvalue weighted by Crippen LogP contribution is -2.48. The van der Waals surface area contributed by atoms with E-state index in [2.05, 4.69) is 5.32 Å². The van der Waals surface area contributed by atoms with E-state index in [1.54, 1.807) is 0 Å². The van der Waals surface area contributed by atoms with E-state index >= 15 is 0 Å². The van der Waals surface area contributed by atoms with Gasteiger partial charge in [-0.25, -0.2) is 4.39 Å². The summed E-state index contributed by atoms with van der Waals surface area (Å²) in [6, 6.07) is 3.28. The van der Waals surface area contributed by atoms with Crippen LogP contribution in [0.25, 0.3) is 0 Å². The Morgan fingerprint density at radius 2 is 1.80 bits per heavy atom. The van der Waals surface area contributed by atoms with Crippen LogP contribution < -0.4 is 5.32 Å². The van der Waals surface area contributed by atoms with Gasteiger partial charge in [0, 0.05) is 5.54 Å². The Bertz CT molecular complexity index is 494. The van der Waals surface area contributed by atoms with E-state index in [-0.39, 0.29) is 5.41 Å². The molecule has 1 aliphatic heterocycles. The zero-order valence-corrected chi connectivity index (χ0v) is 11.9. The van der Waals surface area contributed by atoms with Crippen LogP contribution in [0.2, 0.25) is 0 Å². The molecule has 0 aliphatic carbocycles. The molecular formula is C15H19F4N. The van der Waals surface area contributed by atoms with Crippen molar-refractivity contribution in [1.82, 2.24) is 5.32 Å². The van der Waals surface area contributed by atoms with Gasteiger partial charge in [-0.15, -0.1) is 0 Å².